The number of carbonyl (C=O) groups is 2. The lowest BCUT2D eigenvalue weighted by atomic mass is 10.0. The van der Waals surface area contributed by atoms with E-state index in [4.69, 9.17) is 18.9 Å². The van der Waals surface area contributed by atoms with Gasteiger partial charge in [-0.2, -0.15) is 0 Å². The summed E-state index contributed by atoms with van der Waals surface area (Å²) in [4.78, 5) is 23.5. The van der Waals surface area contributed by atoms with Gasteiger partial charge in [-0.3, -0.25) is 0 Å². The molecular formula is C28H26O7. The molecule has 0 atom stereocenters. The first-order valence-corrected chi connectivity index (χ1v) is 10.7. The van der Waals surface area contributed by atoms with Crippen molar-refractivity contribution < 1.29 is 33.6 Å². The molecule has 3 aromatic carbocycles. The van der Waals surface area contributed by atoms with Crippen LogP contribution in [0.3, 0.4) is 0 Å². The molecule has 0 spiro atoms. The second-order valence-corrected chi connectivity index (χ2v) is 7.52. The van der Waals surface area contributed by atoms with Crippen LogP contribution in [-0.4, -0.2) is 38.4 Å². The van der Waals surface area contributed by atoms with Crippen LogP contribution in [0.25, 0.3) is 17.7 Å². The molecule has 0 fully saturated rings. The number of carboxylic acid groups (broad SMARTS) is 1. The zero-order chi connectivity index (χ0) is 25.4. The highest BCUT2D eigenvalue weighted by Gasteiger charge is 2.12. The smallest absolute Gasteiger partial charge is 0.336 e. The zero-order valence-corrected chi connectivity index (χ0v) is 19.9. The molecule has 0 amide bonds. The van der Waals surface area contributed by atoms with E-state index in [1.165, 1.54) is 21.3 Å². The van der Waals surface area contributed by atoms with Crippen molar-refractivity contribution in [3.63, 3.8) is 0 Å². The summed E-state index contributed by atoms with van der Waals surface area (Å²) < 4.78 is 21.1. The van der Waals surface area contributed by atoms with Gasteiger partial charge in [0.05, 0.1) is 26.9 Å². The van der Waals surface area contributed by atoms with E-state index in [1.807, 2.05) is 12.1 Å². The van der Waals surface area contributed by atoms with E-state index >= 15 is 0 Å². The molecule has 0 aliphatic rings. The van der Waals surface area contributed by atoms with Gasteiger partial charge in [0.25, 0.3) is 0 Å². The zero-order valence-electron chi connectivity index (χ0n) is 19.9. The topological polar surface area (TPSA) is 91.3 Å². The number of esters is 1. The fourth-order valence-corrected chi connectivity index (χ4v) is 3.29. The predicted octanol–water partition coefficient (Wildman–Crippen LogP) is 5.70. The molecular weight excluding hydrogens is 448 g/mol. The van der Waals surface area contributed by atoms with Gasteiger partial charge >= 0.3 is 11.9 Å². The molecule has 7 nitrogen and oxygen atoms in total. The van der Waals surface area contributed by atoms with Gasteiger partial charge < -0.3 is 24.1 Å². The lowest BCUT2D eigenvalue weighted by Gasteiger charge is -2.09. The first-order chi connectivity index (χ1) is 16.8. The number of rotatable bonds is 9. The minimum absolute atomic E-state index is 0.115. The second-order valence-electron chi connectivity index (χ2n) is 7.52. The summed E-state index contributed by atoms with van der Waals surface area (Å²) in [5.41, 5.74) is 2.59. The SMILES string of the molecule is COC(=O)C(C)=Cc1ccc(Oc2ccc(/C(=C\c3cc(OC)cc(OC)c3)C(=O)O)cc2)cc1. The number of benzene rings is 3. The maximum Gasteiger partial charge on any atom is 0.336 e. The summed E-state index contributed by atoms with van der Waals surface area (Å²) in [6.45, 7) is 1.68. The van der Waals surface area contributed by atoms with Crippen molar-refractivity contribution in [2.45, 2.75) is 6.92 Å². The maximum absolute atomic E-state index is 12.0. The molecule has 180 valence electrons. The van der Waals surface area contributed by atoms with Crippen LogP contribution >= 0.6 is 0 Å². The van der Waals surface area contributed by atoms with E-state index in [0.717, 1.165) is 5.56 Å². The van der Waals surface area contributed by atoms with E-state index < -0.39 is 5.97 Å². The van der Waals surface area contributed by atoms with Crippen LogP contribution in [0.2, 0.25) is 0 Å². The Labute approximate surface area is 203 Å². The van der Waals surface area contributed by atoms with Crippen LogP contribution in [0, 0.1) is 0 Å². The number of carbonyl (C=O) groups excluding carboxylic acids is 1. The van der Waals surface area contributed by atoms with Crippen LogP contribution in [0.15, 0.2) is 72.3 Å². The minimum atomic E-state index is -1.06. The molecule has 0 aromatic heterocycles. The fourth-order valence-electron chi connectivity index (χ4n) is 3.29. The molecule has 0 heterocycles. The van der Waals surface area contributed by atoms with Crippen molar-refractivity contribution in [3.05, 3.63) is 89.0 Å². The van der Waals surface area contributed by atoms with E-state index in [-0.39, 0.29) is 11.5 Å². The Morgan fingerprint density at radius 1 is 0.714 bits per heavy atom. The van der Waals surface area contributed by atoms with Gasteiger partial charge in [0.1, 0.15) is 23.0 Å². The average molecular weight is 475 g/mol. The van der Waals surface area contributed by atoms with Crippen molar-refractivity contribution in [2.75, 3.05) is 21.3 Å². The van der Waals surface area contributed by atoms with Gasteiger partial charge in [-0.25, -0.2) is 9.59 Å². The van der Waals surface area contributed by atoms with Crippen molar-refractivity contribution >= 4 is 29.7 Å². The average Bonchev–Trinajstić information content (AvgIpc) is 2.88. The summed E-state index contributed by atoms with van der Waals surface area (Å²) in [5.74, 6) is 0.827. The van der Waals surface area contributed by atoms with Crippen LogP contribution in [0.5, 0.6) is 23.0 Å². The quantitative estimate of drug-likeness (QED) is 0.242. The molecule has 0 aliphatic carbocycles. The Balaban J connectivity index is 1.79. The van der Waals surface area contributed by atoms with Crippen LogP contribution < -0.4 is 14.2 Å². The summed E-state index contributed by atoms with van der Waals surface area (Å²) in [6.07, 6.45) is 3.29. The number of hydrogen-bond acceptors (Lipinski definition) is 6. The standard InChI is InChI=1S/C28H26O7/c1-18(28(31)34-4)13-19-5-9-22(10-6-19)35-23-11-7-21(8-12-23)26(27(29)30)16-20-14-24(32-2)17-25(15-20)33-3/h5-17H,1-4H3,(H,29,30)/b18-13?,26-16+. The molecule has 0 unspecified atom stereocenters. The molecule has 1 N–H and O–H groups in total. The number of aliphatic carboxylic acids is 1. The largest absolute Gasteiger partial charge is 0.497 e. The monoisotopic (exact) mass is 474 g/mol. The first kappa shape index (κ1) is 25.1. The number of carboxylic acids is 1. The normalized spacial score (nSPS) is 11.5. The molecule has 7 heteroatoms. The summed E-state index contributed by atoms with van der Waals surface area (Å²) >= 11 is 0. The fraction of sp³-hybridized carbons (Fsp3) is 0.143. The number of ether oxygens (including phenoxy) is 4. The van der Waals surface area contributed by atoms with Crippen LogP contribution in [-0.2, 0) is 14.3 Å². The van der Waals surface area contributed by atoms with Gasteiger partial charge in [0.2, 0.25) is 0 Å². The Bertz CT molecular complexity index is 1230. The van der Waals surface area contributed by atoms with Crippen molar-refractivity contribution in [1.82, 2.24) is 0 Å². The number of methoxy groups -OCH3 is 3. The highest BCUT2D eigenvalue weighted by molar-refractivity contribution is 6.20. The third kappa shape index (κ3) is 6.74. The van der Waals surface area contributed by atoms with E-state index in [9.17, 15) is 14.7 Å². The Kier molecular flexibility index (Phi) is 8.29. The second kappa shape index (κ2) is 11.6. The lowest BCUT2D eigenvalue weighted by molar-refractivity contribution is -0.136. The van der Waals surface area contributed by atoms with Gasteiger partial charge in [-0.15, -0.1) is 0 Å². The van der Waals surface area contributed by atoms with Crippen molar-refractivity contribution in [3.8, 4) is 23.0 Å². The lowest BCUT2D eigenvalue weighted by Crippen LogP contribution is -2.00. The van der Waals surface area contributed by atoms with E-state index in [1.54, 1.807) is 73.7 Å². The minimum Gasteiger partial charge on any atom is -0.497 e. The Morgan fingerprint density at radius 3 is 1.74 bits per heavy atom. The van der Waals surface area contributed by atoms with Crippen LogP contribution in [0.1, 0.15) is 23.6 Å². The van der Waals surface area contributed by atoms with Gasteiger partial charge in [-0.1, -0.05) is 24.3 Å². The van der Waals surface area contributed by atoms with E-state index in [2.05, 4.69) is 0 Å². The van der Waals surface area contributed by atoms with Crippen LogP contribution in [0.4, 0.5) is 0 Å². The molecule has 0 saturated carbocycles. The molecule has 0 radical (unpaired) electrons. The predicted molar refractivity (Wildman–Crippen MR) is 134 cm³/mol. The summed E-state index contributed by atoms with van der Waals surface area (Å²) in [7, 11) is 4.41. The molecule has 35 heavy (non-hydrogen) atoms. The molecule has 3 aromatic rings. The summed E-state index contributed by atoms with van der Waals surface area (Å²) in [6, 6.07) is 19.2. The van der Waals surface area contributed by atoms with Gasteiger partial charge in [-0.05, 0) is 72.2 Å². The van der Waals surface area contributed by atoms with Gasteiger partial charge in [0, 0.05) is 11.6 Å². The molecule has 0 saturated heterocycles. The van der Waals surface area contributed by atoms with Crippen molar-refractivity contribution in [2.24, 2.45) is 0 Å². The first-order valence-electron chi connectivity index (χ1n) is 10.7. The molecule has 0 bridgehead atoms. The van der Waals surface area contributed by atoms with E-state index in [0.29, 0.717) is 39.7 Å². The Morgan fingerprint density at radius 2 is 1.26 bits per heavy atom. The molecule has 0 aliphatic heterocycles. The van der Waals surface area contributed by atoms with Crippen molar-refractivity contribution in [1.29, 1.82) is 0 Å². The third-order valence-electron chi connectivity index (χ3n) is 5.09. The third-order valence-corrected chi connectivity index (χ3v) is 5.09. The highest BCUT2D eigenvalue weighted by Crippen LogP contribution is 2.28. The highest BCUT2D eigenvalue weighted by atomic mass is 16.5. The molecule has 3 rings (SSSR count). The van der Waals surface area contributed by atoms with Gasteiger partial charge in [0.15, 0.2) is 0 Å². The Hall–Kier alpha value is -4.52. The maximum atomic E-state index is 12.0. The summed E-state index contributed by atoms with van der Waals surface area (Å²) in [5, 5.41) is 9.79. The number of hydrogen-bond donors (Lipinski definition) is 1.